The minimum absolute atomic E-state index is 0.369. The van der Waals surface area contributed by atoms with E-state index in [0.29, 0.717) is 6.42 Å². The first-order chi connectivity index (χ1) is 8.73. The van der Waals surface area contributed by atoms with E-state index in [9.17, 15) is 4.79 Å². The Kier molecular flexibility index (Phi) is 4.75. The molecule has 0 radical (unpaired) electrons. The summed E-state index contributed by atoms with van der Waals surface area (Å²) in [4.78, 5) is 12.3. The third-order valence-corrected chi connectivity index (χ3v) is 3.20. The van der Waals surface area contributed by atoms with Crippen molar-refractivity contribution in [1.82, 2.24) is 0 Å². The molecule has 1 aromatic rings. The summed E-state index contributed by atoms with van der Waals surface area (Å²) < 4.78 is 5.44. The third kappa shape index (κ3) is 3.80. The van der Waals surface area contributed by atoms with Crippen molar-refractivity contribution < 1.29 is 9.53 Å². The average molecular weight is 263 g/mol. The normalized spacial score (nSPS) is 14.8. The second-order valence-electron chi connectivity index (χ2n) is 5.88. The molecule has 0 spiro atoms. The summed E-state index contributed by atoms with van der Waals surface area (Å²) in [6.45, 7) is 9.54. The summed E-state index contributed by atoms with van der Waals surface area (Å²) in [5.41, 5.74) is 6.72. The monoisotopic (exact) mass is 263 g/mol. The second kappa shape index (κ2) is 5.74. The quantitative estimate of drug-likeness (QED) is 0.849. The molecule has 0 saturated heterocycles. The molecule has 0 amide bonds. The van der Waals surface area contributed by atoms with Crippen LogP contribution in [0.5, 0.6) is 0 Å². The second-order valence-corrected chi connectivity index (χ2v) is 5.88. The number of hydrogen-bond donors (Lipinski definition) is 1. The van der Waals surface area contributed by atoms with E-state index in [4.69, 9.17) is 10.5 Å². The SMILES string of the molecule is CCc1ccc(C(N)(CC)C(=O)OC(C)(C)C)cc1. The molecule has 19 heavy (non-hydrogen) atoms. The van der Waals surface area contributed by atoms with E-state index in [1.54, 1.807) is 0 Å². The Bertz CT molecular complexity index is 431. The molecule has 3 nitrogen and oxygen atoms in total. The Morgan fingerprint density at radius 2 is 1.68 bits per heavy atom. The highest BCUT2D eigenvalue weighted by atomic mass is 16.6. The highest BCUT2D eigenvalue weighted by molar-refractivity contribution is 5.82. The van der Waals surface area contributed by atoms with Gasteiger partial charge in [0.15, 0.2) is 0 Å². The molecular formula is C16H25NO2. The molecule has 0 saturated carbocycles. The van der Waals surface area contributed by atoms with Crippen LogP contribution in [0, 0.1) is 0 Å². The topological polar surface area (TPSA) is 52.3 Å². The van der Waals surface area contributed by atoms with E-state index in [-0.39, 0.29) is 5.97 Å². The van der Waals surface area contributed by atoms with Gasteiger partial charge in [-0.3, -0.25) is 0 Å². The van der Waals surface area contributed by atoms with Crippen molar-refractivity contribution in [2.24, 2.45) is 5.73 Å². The fourth-order valence-corrected chi connectivity index (χ4v) is 1.87. The lowest BCUT2D eigenvalue weighted by atomic mass is 9.87. The lowest BCUT2D eigenvalue weighted by Gasteiger charge is -2.31. The number of esters is 1. The first-order valence-corrected chi connectivity index (χ1v) is 6.84. The molecule has 2 N–H and O–H groups in total. The average Bonchev–Trinajstić information content (AvgIpc) is 2.35. The third-order valence-electron chi connectivity index (χ3n) is 3.20. The van der Waals surface area contributed by atoms with Gasteiger partial charge in [0.2, 0.25) is 0 Å². The van der Waals surface area contributed by atoms with E-state index < -0.39 is 11.1 Å². The van der Waals surface area contributed by atoms with E-state index >= 15 is 0 Å². The highest BCUT2D eigenvalue weighted by Crippen LogP contribution is 2.26. The van der Waals surface area contributed by atoms with Crippen LogP contribution in [0.15, 0.2) is 24.3 Å². The van der Waals surface area contributed by atoms with Gasteiger partial charge < -0.3 is 10.5 Å². The number of carbonyl (C=O) groups is 1. The van der Waals surface area contributed by atoms with Crippen LogP contribution >= 0.6 is 0 Å². The highest BCUT2D eigenvalue weighted by Gasteiger charge is 2.37. The predicted molar refractivity (Wildman–Crippen MR) is 77.8 cm³/mol. The van der Waals surface area contributed by atoms with Gasteiger partial charge in [-0.25, -0.2) is 4.79 Å². The maximum atomic E-state index is 12.3. The van der Waals surface area contributed by atoms with Crippen molar-refractivity contribution in [3.05, 3.63) is 35.4 Å². The number of aryl methyl sites for hydroxylation is 1. The molecule has 0 bridgehead atoms. The first kappa shape index (κ1) is 15.7. The molecule has 0 aliphatic carbocycles. The van der Waals surface area contributed by atoms with Crippen molar-refractivity contribution in [3.63, 3.8) is 0 Å². The standard InChI is InChI=1S/C16H25NO2/c1-6-12-8-10-13(11-9-12)16(17,7-2)14(18)19-15(3,4)5/h8-11H,6-7,17H2,1-5H3. The van der Waals surface area contributed by atoms with Gasteiger partial charge in [-0.1, -0.05) is 38.1 Å². The van der Waals surface area contributed by atoms with Crippen LogP contribution < -0.4 is 5.73 Å². The predicted octanol–water partition coefficient (Wildman–Crippen LogP) is 3.15. The van der Waals surface area contributed by atoms with Crippen LogP contribution in [-0.4, -0.2) is 11.6 Å². The number of carbonyl (C=O) groups excluding carboxylic acids is 1. The molecule has 0 heterocycles. The van der Waals surface area contributed by atoms with Crippen LogP contribution in [0.2, 0.25) is 0 Å². The summed E-state index contributed by atoms with van der Waals surface area (Å²) in [6.07, 6.45) is 1.48. The largest absolute Gasteiger partial charge is 0.458 e. The van der Waals surface area contributed by atoms with Crippen molar-refractivity contribution in [3.8, 4) is 0 Å². The van der Waals surface area contributed by atoms with Crippen LogP contribution in [0.25, 0.3) is 0 Å². The summed E-state index contributed by atoms with van der Waals surface area (Å²) in [6, 6.07) is 7.87. The molecular weight excluding hydrogens is 238 g/mol. The number of hydrogen-bond acceptors (Lipinski definition) is 3. The number of rotatable bonds is 4. The van der Waals surface area contributed by atoms with Crippen LogP contribution in [0.3, 0.4) is 0 Å². The summed E-state index contributed by atoms with van der Waals surface area (Å²) in [7, 11) is 0. The Labute approximate surface area is 116 Å². The van der Waals surface area contributed by atoms with Crippen LogP contribution in [0.4, 0.5) is 0 Å². The maximum absolute atomic E-state index is 12.3. The lowest BCUT2D eigenvalue weighted by Crippen LogP contribution is -2.47. The molecule has 0 fully saturated rings. The van der Waals surface area contributed by atoms with E-state index in [2.05, 4.69) is 6.92 Å². The Morgan fingerprint density at radius 3 is 2.05 bits per heavy atom. The zero-order valence-electron chi connectivity index (χ0n) is 12.6. The van der Waals surface area contributed by atoms with Gasteiger partial charge in [0.1, 0.15) is 11.1 Å². The summed E-state index contributed by atoms with van der Waals surface area (Å²) in [5, 5.41) is 0. The molecule has 1 aromatic carbocycles. The maximum Gasteiger partial charge on any atom is 0.331 e. The Balaban J connectivity index is 3.04. The fraction of sp³-hybridized carbons (Fsp3) is 0.562. The zero-order chi connectivity index (χ0) is 14.7. The number of benzene rings is 1. The number of nitrogens with two attached hydrogens (primary N) is 1. The smallest absolute Gasteiger partial charge is 0.331 e. The summed E-state index contributed by atoms with van der Waals surface area (Å²) >= 11 is 0. The first-order valence-electron chi connectivity index (χ1n) is 6.84. The molecule has 1 unspecified atom stereocenters. The molecule has 0 aliphatic heterocycles. The van der Waals surface area contributed by atoms with Crippen molar-refractivity contribution >= 4 is 5.97 Å². The Hall–Kier alpha value is -1.35. The number of ether oxygens (including phenoxy) is 1. The van der Waals surface area contributed by atoms with Crippen LogP contribution in [-0.2, 0) is 21.5 Å². The summed E-state index contributed by atoms with van der Waals surface area (Å²) in [5.74, 6) is -0.369. The van der Waals surface area contributed by atoms with Crippen molar-refractivity contribution in [2.75, 3.05) is 0 Å². The van der Waals surface area contributed by atoms with E-state index in [1.807, 2.05) is 52.0 Å². The molecule has 0 aliphatic rings. The van der Waals surface area contributed by atoms with Gasteiger partial charge in [-0.2, -0.15) is 0 Å². The molecule has 0 aromatic heterocycles. The molecule has 3 heteroatoms. The van der Waals surface area contributed by atoms with Gasteiger partial charge >= 0.3 is 5.97 Å². The van der Waals surface area contributed by atoms with Crippen LogP contribution in [0.1, 0.15) is 52.2 Å². The molecule has 1 rings (SSSR count). The van der Waals surface area contributed by atoms with E-state index in [1.165, 1.54) is 5.56 Å². The Morgan fingerprint density at radius 1 is 1.16 bits per heavy atom. The van der Waals surface area contributed by atoms with Gasteiger partial charge in [0, 0.05) is 0 Å². The van der Waals surface area contributed by atoms with Crippen molar-refractivity contribution in [1.29, 1.82) is 0 Å². The fourth-order valence-electron chi connectivity index (χ4n) is 1.87. The van der Waals surface area contributed by atoms with Gasteiger partial charge in [-0.05, 0) is 44.7 Å². The van der Waals surface area contributed by atoms with Gasteiger partial charge in [-0.15, -0.1) is 0 Å². The molecule has 1 atom stereocenters. The van der Waals surface area contributed by atoms with Gasteiger partial charge in [0.25, 0.3) is 0 Å². The minimum atomic E-state index is -1.07. The van der Waals surface area contributed by atoms with Gasteiger partial charge in [0.05, 0.1) is 0 Å². The zero-order valence-corrected chi connectivity index (χ0v) is 12.6. The molecule has 106 valence electrons. The van der Waals surface area contributed by atoms with E-state index in [0.717, 1.165) is 12.0 Å². The minimum Gasteiger partial charge on any atom is -0.458 e. The lowest BCUT2D eigenvalue weighted by molar-refractivity contribution is -0.162. The van der Waals surface area contributed by atoms with Crippen molar-refractivity contribution in [2.45, 2.75) is 58.6 Å².